The highest BCUT2D eigenvalue weighted by Gasteiger charge is 2.30. The molecule has 53 heavy (non-hydrogen) atoms. The van der Waals surface area contributed by atoms with Crippen LogP contribution < -0.4 is 20.3 Å². The average molecular weight is 740 g/mol. The predicted molar refractivity (Wildman–Crippen MR) is 206 cm³/mol. The molecule has 0 radical (unpaired) electrons. The molecule has 1 saturated heterocycles. The lowest BCUT2D eigenvalue weighted by molar-refractivity contribution is 0.171. The van der Waals surface area contributed by atoms with Crippen molar-refractivity contribution in [2.45, 2.75) is 83.8 Å². The highest BCUT2D eigenvalue weighted by molar-refractivity contribution is 7.87. The summed E-state index contributed by atoms with van der Waals surface area (Å²) in [5, 5.41) is 20.1. The number of aryl methyl sites for hydroxylation is 1. The molecule has 2 aromatic carbocycles. The first-order valence-electron chi connectivity index (χ1n) is 18.3. The number of fused-ring (bicyclic) bond motifs is 2. The van der Waals surface area contributed by atoms with Gasteiger partial charge in [0.05, 0.1) is 30.2 Å². The van der Waals surface area contributed by atoms with Gasteiger partial charge in [0.2, 0.25) is 5.95 Å². The third-order valence-corrected chi connectivity index (χ3v) is 10.6. The van der Waals surface area contributed by atoms with E-state index in [4.69, 9.17) is 18.8 Å². The lowest BCUT2D eigenvalue weighted by atomic mass is 9.85. The number of carbonyl (C=O) groups is 1. The van der Waals surface area contributed by atoms with E-state index in [0.717, 1.165) is 83.3 Å². The molecule has 13 nitrogen and oxygen atoms in total. The summed E-state index contributed by atoms with van der Waals surface area (Å²) in [6.45, 7) is 10.4. The van der Waals surface area contributed by atoms with Crippen LogP contribution in [-0.2, 0) is 26.0 Å². The van der Waals surface area contributed by atoms with Crippen molar-refractivity contribution in [1.82, 2.24) is 29.7 Å². The predicted octanol–water partition coefficient (Wildman–Crippen LogP) is 7.44. The van der Waals surface area contributed by atoms with E-state index in [0.29, 0.717) is 18.7 Å². The normalized spacial score (nSPS) is 18.7. The number of nitrogens with zero attached hydrogens (tertiary/aromatic N) is 6. The summed E-state index contributed by atoms with van der Waals surface area (Å²) in [6, 6.07) is 19.4. The van der Waals surface area contributed by atoms with Crippen LogP contribution in [0.5, 0.6) is 5.75 Å². The maximum absolute atomic E-state index is 13.7. The SMILES string of the molecule is Cc1ccc(-n2nc(C(C)(C)C)cc2NC(=O)N[C@H]2CC[C@@H](Oc3ccc4nnc(N5CCCCC5)n4c3)c3ccccc32)cc1CCOS(C)(=N)=O. The lowest BCUT2D eigenvalue weighted by Crippen LogP contribution is -2.36. The van der Waals surface area contributed by atoms with Gasteiger partial charge >= 0.3 is 6.03 Å². The van der Waals surface area contributed by atoms with Crippen molar-refractivity contribution < 1.29 is 17.9 Å². The molecule has 1 aliphatic heterocycles. The van der Waals surface area contributed by atoms with Gasteiger partial charge < -0.3 is 15.0 Å². The van der Waals surface area contributed by atoms with Crippen molar-refractivity contribution in [2.24, 2.45) is 0 Å². The number of benzene rings is 2. The number of amides is 2. The Morgan fingerprint density at radius 3 is 2.53 bits per heavy atom. The first kappa shape index (κ1) is 36.4. The number of anilines is 2. The maximum Gasteiger partial charge on any atom is 0.320 e. The van der Waals surface area contributed by atoms with Gasteiger partial charge in [-0.3, -0.25) is 13.9 Å². The second-order valence-electron chi connectivity index (χ2n) is 15.1. The highest BCUT2D eigenvalue weighted by Crippen LogP contribution is 2.39. The fourth-order valence-electron chi connectivity index (χ4n) is 7.14. The van der Waals surface area contributed by atoms with Gasteiger partial charge in [0.1, 0.15) is 17.7 Å². The van der Waals surface area contributed by atoms with E-state index in [1.165, 1.54) is 12.7 Å². The van der Waals surface area contributed by atoms with Crippen LogP contribution in [0.2, 0.25) is 0 Å². The summed E-state index contributed by atoms with van der Waals surface area (Å²) in [5.41, 5.74) is 6.22. The van der Waals surface area contributed by atoms with E-state index < -0.39 is 10.0 Å². The quantitative estimate of drug-likeness (QED) is 0.134. The summed E-state index contributed by atoms with van der Waals surface area (Å²) in [6.07, 6.45) is 8.53. The second kappa shape index (κ2) is 14.8. The second-order valence-corrected chi connectivity index (χ2v) is 16.9. The van der Waals surface area contributed by atoms with Gasteiger partial charge in [-0.1, -0.05) is 51.1 Å². The molecule has 3 atom stereocenters. The fraction of sp³-hybridized carbons (Fsp3) is 0.436. The summed E-state index contributed by atoms with van der Waals surface area (Å²) in [4.78, 5) is 16.0. The van der Waals surface area contributed by atoms with Crippen LogP contribution in [0, 0.1) is 11.7 Å². The summed E-state index contributed by atoms with van der Waals surface area (Å²) in [5.74, 6) is 2.14. The van der Waals surface area contributed by atoms with E-state index in [-0.39, 0.29) is 30.2 Å². The molecule has 2 amide bonds. The minimum Gasteiger partial charge on any atom is -0.484 e. The van der Waals surface area contributed by atoms with E-state index in [2.05, 4.69) is 58.6 Å². The van der Waals surface area contributed by atoms with Crippen molar-refractivity contribution >= 4 is 33.5 Å². The van der Waals surface area contributed by atoms with Crippen LogP contribution in [0.4, 0.5) is 16.6 Å². The number of aromatic nitrogens is 5. The molecule has 0 spiro atoms. The lowest BCUT2D eigenvalue weighted by Gasteiger charge is -2.32. The third-order valence-electron chi connectivity index (χ3n) is 9.99. The number of pyridine rings is 1. The smallest absolute Gasteiger partial charge is 0.320 e. The molecule has 1 fully saturated rings. The molecular formula is C39H49N9O4S. The molecule has 3 aromatic heterocycles. The van der Waals surface area contributed by atoms with Gasteiger partial charge in [0, 0.05) is 30.8 Å². The molecule has 3 N–H and O–H groups in total. The zero-order valence-electron chi connectivity index (χ0n) is 31.1. The van der Waals surface area contributed by atoms with Crippen molar-refractivity contribution in [3.05, 3.63) is 94.8 Å². The van der Waals surface area contributed by atoms with Crippen LogP contribution in [0.3, 0.4) is 0 Å². The van der Waals surface area contributed by atoms with Crippen LogP contribution in [0.25, 0.3) is 11.3 Å². The molecule has 5 aromatic rings. The Balaban J connectivity index is 1.08. The molecular weight excluding hydrogens is 691 g/mol. The Labute approximate surface area is 311 Å². The van der Waals surface area contributed by atoms with Gasteiger partial charge in [-0.2, -0.15) is 5.10 Å². The molecule has 4 heterocycles. The fourth-order valence-corrected chi connectivity index (χ4v) is 7.54. The average Bonchev–Trinajstić information content (AvgIpc) is 3.75. The molecule has 2 aliphatic rings. The molecule has 7 rings (SSSR count). The Bertz CT molecular complexity index is 2220. The molecule has 0 saturated carbocycles. The van der Waals surface area contributed by atoms with Crippen molar-refractivity contribution in [3.8, 4) is 11.4 Å². The first-order valence-corrected chi connectivity index (χ1v) is 20.2. The van der Waals surface area contributed by atoms with E-state index in [9.17, 15) is 9.00 Å². The Morgan fingerprint density at radius 1 is 1.00 bits per heavy atom. The maximum atomic E-state index is 13.7. The molecule has 14 heteroatoms. The topological polar surface area (TPSA) is 152 Å². The number of rotatable bonds is 10. The van der Waals surface area contributed by atoms with Crippen molar-refractivity contribution in [3.63, 3.8) is 0 Å². The van der Waals surface area contributed by atoms with E-state index in [1.54, 1.807) is 4.68 Å². The Kier molecular flexibility index (Phi) is 10.2. The number of hydrogen-bond donors (Lipinski definition) is 3. The van der Waals surface area contributed by atoms with Crippen molar-refractivity contribution in [1.29, 1.82) is 4.78 Å². The molecule has 1 aliphatic carbocycles. The van der Waals surface area contributed by atoms with Crippen LogP contribution >= 0.6 is 0 Å². The van der Waals surface area contributed by atoms with Crippen LogP contribution in [0.1, 0.15) is 93.0 Å². The number of piperidine rings is 1. The zero-order valence-corrected chi connectivity index (χ0v) is 31.9. The largest absolute Gasteiger partial charge is 0.484 e. The highest BCUT2D eigenvalue weighted by atomic mass is 32.2. The first-order chi connectivity index (χ1) is 25.3. The number of ether oxygens (including phenoxy) is 1. The van der Waals surface area contributed by atoms with E-state index in [1.807, 2.05) is 66.1 Å². The standard InChI is InChI=1S/C39H49N9O4S/c1-26-13-14-28(23-27(26)19-22-51-53(5,40)50)48-36(24-34(45-48)39(2,3)4)42-37(49)41-32-16-17-33(31-12-8-7-11-30(31)32)52-29-15-18-35-43-44-38(47(35)25-29)46-20-9-6-10-21-46/h7-8,11-15,18,23-25,32-33,40H,6,9-10,16-17,19-22H2,1-5H3,(H2,41,42,49)/t32-,33+,53?/m0/s1. The van der Waals surface area contributed by atoms with Gasteiger partial charge in [0.15, 0.2) is 15.7 Å². The molecule has 1 unspecified atom stereocenters. The molecule has 0 bridgehead atoms. The minimum atomic E-state index is -3.05. The zero-order chi connectivity index (χ0) is 37.3. The van der Waals surface area contributed by atoms with Crippen LogP contribution in [0.15, 0.2) is 66.9 Å². The number of urea groups is 1. The minimum absolute atomic E-state index is 0.161. The van der Waals surface area contributed by atoms with Gasteiger partial charge in [-0.25, -0.2) is 18.5 Å². The molecule has 280 valence electrons. The Hall–Kier alpha value is -4.95. The van der Waals surface area contributed by atoms with Gasteiger partial charge in [0.25, 0.3) is 0 Å². The van der Waals surface area contributed by atoms with Crippen LogP contribution in [-0.4, -0.2) is 60.6 Å². The number of carbonyl (C=O) groups excluding carboxylic acids is 1. The monoisotopic (exact) mass is 739 g/mol. The van der Waals surface area contributed by atoms with Gasteiger partial charge in [-0.15, -0.1) is 10.2 Å². The Morgan fingerprint density at radius 2 is 1.77 bits per heavy atom. The summed E-state index contributed by atoms with van der Waals surface area (Å²) < 4.78 is 35.0. The third kappa shape index (κ3) is 8.33. The summed E-state index contributed by atoms with van der Waals surface area (Å²) in [7, 11) is -3.05. The number of hydrogen-bond acceptors (Lipinski definition) is 9. The number of nitrogens with one attached hydrogen (secondary N) is 3. The van der Waals surface area contributed by atoms with Gasteiger partial charge in [-0.05, 0) is 92.0 Å². The van der Waals surface area contributed by atoms with Crippen molar-refractivity contribution in [2.75, 3.05) is 36.2 Å². The van der Waals surface area contributed by atoms with E-state index >= 15 is 0 Å². The summed E-state index contributed by atoms with van der Waals surface area (Å²) >= 11 is 0.